The summed E-state index contributed by atoms with van der Waals surface area (Å²) >= 11 is 1.40. The monoisotopic (exact) mass is 335 g/mol. The molecule has 1 aliphatic heterocycles. The van der Waals surface area contributed by atoms with Crippen LogP contribution in [-0.2, 0) is 18.3 Å². The van der Waals surface area contributed by atoms with Crippen molar-refractivity contribution in [1.29, 1.82) is 0 Å². The van der Waals surface area contributed by atoms with Gasteiger partial charge in [-0.05, 0) is 25.3 Å². The van der Waals surface area contributed by atoms with Crippen LogP contribution in [0.5, 0.6) is 0 Å². The number of aromatic nitrogens is 2. The molecule has 0 saturated carbocycles. The Labute approximate surface area is 138 Å². The third-order valence-corrected chi connectivity index (χ3v) is 5.31. The van der Waals surface area contributed by atoms with Crippen LogP contribution in [0.1, 0.15) is 31.2 Å². The number of ether oxygens (including phenoxy) is 1. The molecule has 6 nitrogen and oxygen atoms in total. The molecule has 0 aromatic carbocycles. The van der Waals surface area contributed by atoms with Gasteiger partial charge in [-0.15, -0.1) is 11.3 Å². The molecule has 2 aromatic heterocycles. The lowest BCUT2D eigenvalue weighted by Gasteiger charge is -2.10. The molecule has 0 fully saturated rings. The molecular weight excluding hydrogens is 314 g/mol. The van der Waals surface area contributed by atoms with Gasteiger partial charge >= 0.3 is 5.69 Å². The van der Waals surface area contributed by atoms with Gasteiger partial charge in [-0.2, -0.15) is 0 Å². The minimum Gasteiger partial charge on any atom is -0.475 e. The third kappa shape index (κ3) is 2.52. The predicted molar refractivity (Wildman–Crippen MR) is 92.9 cm³/mol. The molecule has 0 saturated heterocycles. The van der Waals surface area contributed by atoms with E-state index < -0.39 is 0 Å². The van der Waals surface area contributed by atoms with E-state index in [2.05, 4.69) is 4.99 Å². The van der Waals surface area contributed by atoms with Gasteiger partial charge < -0.3 is 4.74 Å². The van der Waals surface area contributed by atoms with Crippen LogP contribution in [0.15, 0.2) is 14.6 Å². The van der Waals surface area contributed by atoms with Gasteiger partial charge in [0.1, 0.15) is 11.4 Å². The lowest BCUT2D eigenvalue weighted by Crippen LogP contribution is -2.39. The van der Waals surface area contributed by atoms with Crippen molar-refractivity contribution in [1.82, 2.24) is 9.13 Å². The molecule has 124 valence electrons. The molecular formula is C16H21N3O3S. The number of thiophene rings is 1. The van der Waals surface area contributed by atoms with Crippen LogP contribution in [0.3, 0.4) is 0 Å². The highest BCUT2D eigenvalue weighted by Crippen LogP contribution is 2.29. The second-order valence-corrected chi connectivity index (χ2v) is 7.48. The van der Waals surface area contributed by atoms with Crippen molar-refractivity contribution in [3.63, 3.8) is 0 Å². The first-order valence-corrected chi connectivity index (χ1v) is 8.56. The summed E-state index contributed by atoms with van der Waals surface area (Å²) < 4.78 is 8.52. The van der Waals surface area contributed by atoms with Crippen molar-refractivity contribution < 1.29 is 4.74 Å². The first kappa shape index (κ1) is 16.0. The molecule has 0 unspecified atom stereocenters. The first-order chi connectivity index (χ1) is 10.8. The fraction of sp³-hybridized carbons (Fsp3) is 0.562. The maximum absolute atomic E-state index is 12.8. The minimum atomic E-state index is -0.272. The van der Waals surface area contributed by atoms with Crippen LogP contribution in [0.2, 0.25) is 0 Å². The summed E-state index contributed by atoms with van der Waals surface area (Å²) in [4.78, 5) is 31.3. The van der Waals surface area contributed by atoms with Gasteiger partial charge in [0, 0.05) is 13.6 Å². The lowest BCUT2D eigenvalue weighted by molar-refractivity contribution is 0.324. The Bertz CT molecular complexity index is 917. The minimum absolute atomic E-state index is 0.121. The highest BCUT2D eigenvalue weighted by molar-refractivity contribution is 7.20. The summed E-state index contributed by atoms with van der Waals surface area (Å²) in [5.41, 5.74) is 0.353. The van der Waals surface area contributed by atoms with E-state index in [1.807, 2.05) is 27.7 Å². The first-order valence-electron chi connectivity index (χ1n) is 7.75. The number of hydrogen-bond donors (Lipinski definition) is 0. The van der Waals surface area contributed by atoms with Crippen molar-refractivity contribution >= 4 is 27.5 Å². The number of nitrogens with zero attached hydrogens (tertiary/aromatic N) is 3. The zero-order valence-corrected chi connectivity index (χ0v) is 14.9. The van der Waals surface area contributed by atoms with Crippen LogP contribution >= 0.6 is 11.3 Å². The number of aryl methyl sites for hydroxylation is 2. The Balaban J connectivity index is 2.31. The Morgan fingerprint density at radius 1 is 1.39 bits per heavy atom. The molecule has 1 aliphatic rings. The fourth-order valence-electron chi connectivity index (χ4n) is 2.80. The van der Waals surface area contributed by atoms with Crippen molar-refractivity contribution in [3.05, 3.63) is 31.3 Å². The summed E-state index contributed by atoms with van der Waals surface area (Å²) in [6.45, 7) is 8.84. The van der Waals surface area contributed by atoms with Gasteiger partial charge in [-0.25, -0.2) is 9.79 Å². The number of rotatable bonds is 3. The Morgan fingerprint density at radius 2 is 2.09 bits per heavy atom. The summed E-state index contributed by atoms with van der Waals surface area (Å²) in [6.07, 6.45) is 0. The van der Waals surface area contributed by atoms with E-state index in [0.29, 0.717) is 29.3 Å². The molecule has 7 heteroatoms. The Hall–Kier alpha value is -1.89. The second kappa shape index (κ2) is 5.63. The van der Waals surface area contributed by atoms with E-state index in [1.54, 1.807) is 11.6 Å². The van der Waals surface area contributed by atoms with E-state index in [0.717, 1.165) is 10.4 Å². The van der Waals surface area contributed by atoms with Gasteiger partial charge in [0.25, 0.3) is 5.56 Å². The predicted octanol–water partition coefficient (Wildman–Crippen LogP) is 1.89. The summed E-state index contributed by atoms with van der Waals surface area (Å²) in [5, 5.41) is 0.596. The van der Waals surface area contributed by atoms with Crippen molar-refractivity contribution in [3.8, 4) is 0 Å². The van der Waals surface area contributed by atoms with E-state index in [9.17, 15) is 9.59 Å². The van der Waals surface area contributed by atoms with Crippen LogP contribution < -0.4 is 11.2 Å². The Kier molecular flexibility index (Phi) is 3.91. The molecule has 0 aliphatic carbocycles. The van der Waals surface area contributed by atoms with Crippen molar-refractivity contribution in [2.24, 2.45) is 18.0 Å². The topological polar surface area (TPSA) is 65.6 Å². The van der Waals surface area contributed by atoms with Gasteiger partial charge in [0.05, 0.1) is 16.3 Å². The molecule has 0 N–H and O–H groups in total. The highest BCUT2D eigenvalue weighted by atomic mass is 32.1. The highest BCUT2D eigenvalue weighted by Gasteiger charge is 2.25. The SMILES string of the molecule is Cc1c(C2=N[C@@H](C)CO2)sc2c1c(=O)n(CC(C)C)c(=O)n2C. The molecule has 3 heterocycles. The zero-order chi connectivity index (χ0) is 16.9. The number of hydrogen-bond acceptors (Lipinski definition) is 5. The quantitative estimate of drug-likeness (QED) is 0.860. The molecule has 0 amide bonds. The second-order valence-electron chi connectivity index (χ2n) is 6.48. The summed E-state index contributed by atoms with van der Waals surface area (Å²) in [7, 11) is 1.71. The van der Waals surface area contributed by atoms with E-state index in [4.69, 9.17) is 4.74 Å². The van der Waals surface area contributed by atoms with Gasteiger partial charge in [-0.3, -0.25) is 13.9 Å². The Morgan fingerprint density at radius 3 is 2.65 bits per heavy atom. The van der Waals surface area contributed by atoms with Crippen LogP contribution in [-0.4, -0.2) is 27.7 Å². The lowest BCUT2D eigenvalue weighted by atomic mass is 10.2. The standard InChI is InChI=1S/C16H21N3O3S/c1-8(2)6-19-14(20)11-10(4)12(13-17-9(3)7-22-13)23-15(11)18(5)16(19)21/h8-9H,6-7H2,1-5H3/t9-/m0/s1. The van der Waals surface area contributed by atoms with Gasteiger partial charge in [0.2, 0.25) is 5.90 Å². The fourth-order valence-corrected chi connectivity index (χ4v) is 4.01. The van der Waals surface area contributed by atoms with Crippen LogP contribution in [0.4, 0.5) is 0 Å². The van der Waals surface area contributed by atoms with E-state index >= 15 is 0 Å². The number of fused-ring (bicyclic) bond motifs is 1. The van der Waals surface area contributed by atoms with Gasteiger partial charge in [-0.1, -0.05) is 13.8 Å². The average molecular weight is 335 g/mol. The van der Waals surface area contributed by atoms with E-state index in [-0.39, 0.29) is 23.2 Å². The van der Waals surface area contributed by atoms with E-state index in [1.165, 1.54) is 15.9 Å². The molecule has 2 aromatic rings. The molecule has 3 rings (SSSR count). The maximum atomic E-state index is 12.8. The molecule has 0 bridgehead atoms. The largest absolute Gasteiger partial charge is 0.475 e. The molecule has 0 spiro atoms. The summed E-state index contributed by atoms with van der Waals surface area (Å²) in [5.74, 6) is 0.804. The van der Waals surface area contributed by atoms with Crippen LogP contribution in [0, 0.1) is 12.8 Å². The zero-order valence-electron chi connectivity index (χ0n) is 14.0. The maximum Gasteiger partial charge on any atom is 0.331 e. The van der Waals surface area contributed by atoms with Gasteiger partial charge in [0.15, 0.2) is 0 Å². The molecule has 0 radical (unpaired) electrons. The molecule has 1 atom stereocenters. The van der Waals surface area contributed by atoms with Crippen molar-refractivity contribution in [2.75, 3.05) is 6.61 Å². The third-order valence-electron chi connectivity index (χ3n) is 3.95. The van der Waals surface area contributed by atoms with Crippen LogP contribution in [0.25, 0.3) is 10.2 Å². The smallest absolute Gasteiger partial charge is 0.331 e. The molecule has 23 heavy (non-hydrogen) atoms. The van der Waals surface area contributed by atoms with Crippen molar-refractivity contribution in [2.45, 2.75) is 40.3 Å². The normalized spacial score (nSPS) is 17.8. The summed E-state index contributed by atoms with van der Waals surface area (Å²) in [6, 6.07) is 0.121. The number of aliphatic imine (C=N–C) groups is 1. The average Bonchev–Trinajstić information content (AvgIpc) is 3.05.